The number of nitrogens with zero attached hydrogens (tertiary/aromatic N) is 2. The average molecular weight is 314 g/mol. The van der Waals surface area contributed by atoms with E-state index in [1.54, 1.807) is 7.11 Å². The van der Waals surface area contributed by atoms with Gasteiger partial charge in [0.2, 0.25) is 0 Å². The summed E-state index contributed by atoms with van der Waals surface area (Å²) in [5.41, 5.74) is 2.07. The molecule has 78 valence electrons. The maximum atomic E-state index is 5.11. The molecule has 1 heterocycles. The first-order valence-corrected chi connectivity index (χ1v) is 5.65. The lowest BCUT2D eigenvalue weighted by atomic mass is 10.3. The summed E-state index contributed by atoms with van der Waals surface area (Å²) in [5, 5.41) is 4.40. The molecule has 0 unspecified atom stereocenters. The molecule has 0 bridgehead atoms. The van der Waals surface area contributed by atoms with Gasteiger partial charge in [0.05, 0.1) is 18.5 Å². The Morgan fingerprint density at radius 1 is 1.27 bits per heavy atom. The molecule has 0 saturated carbocycles. The number of methoxy groups -OCH3 is 1. The van der Waals surface area contributed by atoms with Crippen LogP contribution in [0.3, 0.4) is 0 Å². The number of benzene rings is 1. The lowest BCUT2D eigenvalue weighted by Crippen LogP contribution is -1.98. The van der Waals surface area contributed by atoms with Crippen molar-refractivity contribution in [2.75, 3.05) is 7.11 Å². The fourth-order valence-electron chi connectivity index (χ4n) is 1.37. The average Bonchev–Trinajstić information content (AvgIpc) is 2.58. The van der Waals surface area contributed by atoms with E-state index in [4.69, 9.17) is 4.74 Å². The third-order valence-corrected chi connectivity index (χ3v) is 2.87. The second-order valence-corrected chi connectivity index (χ2v) is 4.32. The van der Waals surface area contributed by atoms with Gasteiger partial charge in [-0.3, -0.25) is 0 Å². The van der Waals surface area contributed by atoms with Crippen molar-refractivity contribution in [3.63, 3.8) is 0 Å². The summed E-state index contributed by atoms with van der Waals surface area (Å²) >= 11 is 2.27. The van der Waals surface area contributed by atoms with E-state index in [1.807, 2.05) is 41.9 Å². The minimum Gasteiger partial charge on any atom is -0.497 e. The Morgan fingerprint density at radius 2 is 1.93 bits per heavy atom. The van der Waals surface area contributed by atoms with Crippen LogP contribution >= 0.6 is 22.6 Å². The van der Waals surface area contributed by atoms with Crippen molar-refractivity contribution in [2.24, 2.45) is 0 Å². The van der Waals surface area contributed by atoms with Crippen molar-refractivity contribution in [1.82, 2.24) is 9.78 Å². The molecule has 0 N–H and O–H groups in total. The number of aryl methyl sites for hydroxylation is 1. The van der Waals surface area contributed by atoms with Gasteiger partial charge >= 0.3 is 0 Å². The normalized spacial score (nSPS) is 10.3. The Bertz CT molecular complexity index is 462. The zero-order valence-electron chi connectivity index (χ0n) is 8.57. The number of rotatable bonds is 2. The first kappa shape index (κ1) is 10.5. The Hall–Kier alpha value is -1.04. The molecular formula is C11H11IN2O. The van der Waals surface area contributed by atoms with E-state index in [1.165, 1.54) is 0 Å². The van der Waals surface area contributed by atoms with E-state index in [0.717, 1.165) is 20.8 Å². The Balaban J connectivity index is 2.41. The van der Waals surface area contributed by atoms with Gasteiger partial charge in [-0.25, -0.2) is 4.68 Å². The molecule has 0 aliphatic rings. The molecule has 2 rings (SSSR count). The molecule has 0 aliphatic carbocycles. The molecule has 3 nitrogen and oxygen atoms in total. The highest BCUT2D eigenvalue weighted by Gasteiger charge is 2.04. The van der Waals surface area contributed by atoms with Crippen LogP contribution in [-0.2, 0) is 0 Å². The van der Waals surface area contributed by atoms with Crippen LogP contribution in [0.2, 0.25) is 0 Å². The maximum Gasteiger partial charge on any atom is 0.119 e. The molecule has 2 aromatic rings. The Kier molecular flexibility index (Phi) is 2.95. The predicted octanol–water partition coefficient (Wildman–Crippen LogP) is 2.79. The first-order chi connectivity index (χ1) is 7.20. The van der Waals surface area contributed by atoms with E-state index < -0.39 is 0 Å². The molecule has 4 heteroatoms. The van der Waals surface area contributed by atoms with Gasteiger partial charge in [-0.2, -0.15) is 5.10 Å². The van der Waals surface area contributed by atoms with Crippen molar-refractivity contribution in [2.45, 2.75) is 6.92 Å². The summed E-state index contributed by atoms with van der Waals surface area (Å²) in [5.74, 6) is 0.859. The van der Waals surface area contributed by atoms with Gasteiger partial charge in [-0.05, 0) is 59.8 Å². The van der Waals surface area contributed by atoms with Gasteiger partial charge in [0.15, 0.2) is 0 Å². The lowest BCUT2D eigenvalue weighted by molar-refractivity contribution is 0.414. The van der Waals surface area contributed by atoms with Crippen molar-refractivity contribution in [1.29, 1.82) is 0 Å². The van der Waals surface area contributed by atoms with Crippen LogP contribution in [0.1, 0.15) is 5.69 Å². The standard InChI is InChI=1S/C11H11IN2O/c1-8-7-11(12)14(13-8)9-3-5-10(15-2)6-4-9/h3-7H,1-2H3. The molecule has 0 amide bonds. The van der Waals surface area contributed by atoms with Gasteiger partial charge in [0.1, 0.15) is 9.45 Å². The summed E-state index contributed by atoms with van der Waals surface area (Å²) in [4.78, 5) is 0. The molecule has 0 saturated heterocycles. The van der Waals surface area contributed by atoms with Crippen LogP contribution < -0.4 is 4.74 Å². The van der Waals surface area contributed by atoms with Crippen LogP contribution in [0, 0.1) is 10.6 Å². The number of hydrogen-bond acceptors (Lipinski definition) is 2. The molecule has 1 aromatic heterocycles. The number of hydrogen-bond donors (Lipinski definition) is 0. The summed E-state index contributed by atoms with van der Waals surface area (Å²) < 4.78 is 8.13. The third kappa shape index (κ3) is 2.14. The smallest absolute Gasteiger partial charge is 0.119 e. The minimum atomic E-state index is 0.859. The molecule has 0 aliphatic heterocycles. The summed E-state index contributed by atoms with van der Waals surface area (Å²) in [6, 6.07) is 9.90. The minimum absolute atomic E-state index is 0.859. The van der Waals surface area contributed by atoms with E-state index in [0.29, 0.717) is 0 Å². The zero-order valence-corrected chi connectivity index (χ0v) is 10.7. The van der Waals surface area contributed by atoms with Crippen molar-refractivity contribution in [3.05, 3.63) is 39.7 Å². The highest BCUT2D eigenvalue weighted by Crippen LogP contribution is 2.17. The number of ether oxygens (including phenoxy) is 1. The predicted molar refractivity (Wildman–Crippen MR) is 67.6 cm³/mol. The van der Waals surface area contributed by atoms with Crippen LogP contribution in [-0.4, -0.2) is 16.9 Å². The first-order valence-electron chi connectivity index (χ1n) is 4.57. The van der Waals surface area contributed by atoms with E-state index in [9.17, 15) is 0 Å². The van der Waals surface area contributed by atoms with Crippen molar-refractivity contribution in [3.8, 4) is 11.4 Å². The highest BCUT2D eigenvalue weighted by molar-refractivity contribution is 14.1. The molecule has 0 spiro atoms. The van der Waals surface area contributed by atoms with Crippen LogP contribution in [0.25, 0.3) is 5.69 Å². The van der Waals surface area contributed by atoms with Crippen molar-refractivity contribution < 1.29 is 4.74 Å². The molecule has 15 heavy (non-hydrogen) atoms. The molecular weight excluding hydrogens is 303 g/mol. The van der Waals surface area contributed by atoms with Gasteiger partial charge in [0.25, 0.3) is 0 Å². The summed E-state index contributed by atoms with van der Waals surface area (Å²) in [6.07, 6.45) is 0. The second-order valence-electron chi connectivity index (χ2n) is 3.22. The Labute approximate surface area is 102 Å². The van der Waals surface area contributed by atoms with Gasteiger partial charge < -0.3 is 4.74 Å². The summed E-state index contributed by atoms with van der Waals surface area (Å²) in [6.45, 7) is 1.99. The molecule has 0 radical (unpaired) electrons. The van der Waals surface area contributed by atoms with Gasteiger partial charge in [0, 0.05) is 0 Å². The van der Waals surface area contributed by atoms with Crippen LogP contribution in [0.4, 0.5) is 0 Å². The molecule has 0 atom stereocenters. The lowest BCUT2D eigenvalue weighted by Gasteiger charge is -2.04. The van der Waals surface area contributed by atoms with E-state index in [-0.39, 0.29) is 0 Å². The fraction of sp³-hybridized carbons (Fsp3) is 0.182. The van der Waals surface area contributed by atoms with E-state index >= 15 is 0 Å². The molecule has 1 aromatic carbocycles. The topological polar surface area (TPSA) is 27.1 Å². The maximum absolute atomic E-state index is 5.11. The summed E-state index contributed by atoms with van der Waals surface area (Å²) in [7, 11) is 1.66. The van der Waals surface area contributed by atoms with Crippen molar-refractivity contribution >= 4 is 22.6 Å². The largest absolute Gasteiger partial charge is 0.497 e. The fourth-order valence-corrected chi connectivity index (χ4v) is 2.21. The quantitative estimate of drug-likeness (QED) is 0.797. The van der Waals surface area contributed by atoms with Crippen LogP contribution in [0.15, 0.2) is 30.3 Å². The highest BCUT2D eigenvalue weighted by atomic mass is 127. The van der Waals surface area contributed by atoms with E-state index in [2.05, 4.69) is 27.7 Å². The number of halogens is 1. The van der Waals surface area contributed by atoms with Gasteiger partial charge in [-0.15, -0.1) is 0 Å². The monoisotopic (exact) mass is 314 g/mol. The second kappa shape index (κ2) is 4.22. The number of aromatic nitrogens is 2. The zero-order chi connectivity index (χ0) is 10.8. The molecule has 0 fully saturated rings. The van der Waals surface area contributed by atoms with Crippen LogP contribution in [0.5, 0.6) is 5.75 Å². The van der Waals surface area contributed by atoms with Gasteiger partial charge in [-0.1, -0.05) is 0 Å². The SMILES string of the molecule is COc1ccc(-n2nc(C)cc2I)cc1. The Morgan fingerprint density at radius 3 is 2.40 bits per heavy atom. The third-order valence-electron chi connectivity index (χ3n) is 2.11.